The van der Waals surface area contributed by atoms with E-state index in [0.29, 0.717) is 0 Å². The van der Waals surface area contributed by atoms with Crippen LogP contribution in [0.2, 0.25) is 0 Å². The lowest BCUT2D eigenvalue weighted by molar-refractivity contribution is 0.318. The van der Waals surface area contributed by atoms with Crippen molar-refractivity contribution in [3.8, 4) is 6.07 Å². The van der Waals surface area contributed by atoms with E-state index in [2.05, 4.69) is 10.1 Å². The van der Waals surface area contributed by atoms with Crippen LogP contribution in [0.4, 0.5) is 0 Å². The van der Waals surface area contributed by atoms with Crippen LogP contribution in [0.5, 0.6) is 0 Å². The number of nitrogens with zero attached hydrogens (tertiary/aromatic N) is 3. The van der Waals surface area contributed by atoms with Gasteiger partial charge in [-0.2, -0.15) is 5.26 Å². The predicted octanol–water partition coefficient (Wildman–Crippen LogP) is 0.0478. The molecule has 3 N–H and O–H groups in total. The molecule has 0 spiro atoms. The number of nitrogens with two attached hydrogens (primary N) is 1. The Labute approximate surface area is 68.8 Å². The topological polar surface area (TPSA) is 95.3 Å². The minimum absolute atomic E-state index is 0.105. The van der Waals surface area contributed by atoms with Crippen LogP contribution in [0.1, 0.15) is 11.4 Å². The molecule has 1 aromatic heterocycles. The standard InChI is InChI=1S/C7H6N4O/c8-4-5-2-1-3-6(10-5)7(9)11-12/h1-3,12H,(H2,9,11). The first kappa shape index (κ1) is 8.01. The second-order valence-electron chi connectivity index (χ2n) is 2.01. The summed E-state index contributed by atoms with van der Waals surface area (Å²) in [5, 5.41) is 19.5. The molecule has 0 atom stereocenters. The highest BCUT2D eigenvalue weighted by atomic mass is 16.4. The normalized spacial score (nSPS) is 10.8. The van der Waals surface area contributed by atoms with Crippen molar-refractivity contribution in [3.63, 3.8) is 0 Å². The Hall–Kier alpha value is -2.09. The van der Waals surface area contributed by atoms with Crippen molar-refractivity contribution in [3.05, 3.63) is 29.6 Å². The molecule has 0 radical (unpaired) electrons. The Bertz CT molecular complexity index is 353. The van der Waals surface area contributed by atoms with E-state index in [4.69, 9.17) is 16.2 Å². The minimum Gasteiger partial charge on any atom is -0.409 e. The van der Waals surface area contributed by atoms with Crippen molar-refractivity contribution in [2.24, 2.45) is 10.9 Å². The first-order valence-corrected chi connectivity index (χ1v) is 3.13. The first-order chi connectivity index (χ1) is 5.77. The zero-order chi connectivity index (χ0) is 8.97. The van der Waals surface area contributed by atoms with Crippen LogP contribution in [0.15, 0.2) is 23.4 Å². The number of aromatic nitrogens is 1. The summed E-state index contributed by atoms with van der Waals surface area (Å²) in [5.74, 6) is -0.105. The molecule has 0 amide bonds. The van der Waals surface area contributed by atoms with Gasteiger partial charge in [0.1, 0.15) is 17.5 Å². The molecule has 1 rings (SSSR count). The molecule has 0 bridgehead atoms. The van der Waals surface area contributed by atoms with Gasteiger partial charge in [-0.15, -0.1) is 0 Å². The third-order valence-electron chi connectivity index (χ3n) is 1.23. The van der Waals surface area contributed by atoms with Crippen LogP contribution in [-0.2, 0) is 0 Å². The number of rotatable bonds is 1. The van der Waals surface area contributed by atoms with Gasteiger partial charge in [0.25, 0.3) is 0 Å². The predicted molar refractivity (Wildman–Crippen MR) is 41.5 cm³/mol. The maximum Gasteiger partial charge on any atom is 0.188 e. The van der Waals surface area contributed by atoms with Gasteiger partial charge in [0, 0.05) is 0 Å². The molecule has 12 heavy (non-hydrogen) atoms. The summed E-state index contributed by atoms with van der Waals surface area (Å²) >= 11 is 0. The maximum atomic E-state index is 8.46. The third kappa shape index (κ3) is 1.49. The molecule has 0 saturated heterocycles. The SMILES string of the molecule is N#Cc1cccc(C(N)=NO)n1. The van der Waals surface area contributed by atoms with Crippen molar-refractivity contribution >= 4 is 5.84 Å². The maximum absolute atomic E-state index is 8.46. The second kappa shape index (κ2) is 3.34. The largest absolute Gasteiger partial charge is 0.409 e. The number of pyridine rings is 1. The molecule has 0 aliphatic rings. The van der Waals surface area contributed by atoms with Crippen LogP contribution in [-0.4, -0.2) is 16.0 Å². The highest BCUT2D eigenvalue weighted by Crippen LogP contribution is 1.97. The van der Waals surface area contributed by atoms with E-state index in [0.717, 1.165) is 0 Å². The molecule has 0 aliphatic carbocycles. The summed E-state index contributed by atoms with van der Waals surface area (Å²) in [4.78, 5) is 3.79. The number of oxime groups is 1. The van der Waals surface area contributed by atoms with Crippen LogP contribution in [0, 0.1) is 11.3 Å². The fourth-order valence-corrected chi connectivity index (χ4v) is 0.691. The van der Waals surface area contributed by atoms with E-state index in [9.17, 15) is 0 Å². The molecule has 0 unspecified atom stereocenters. The average molecular weight is 162 g/mol. The molecular formula is C7H6N4O. The first-order valence-electron chi connectivity index (χ1n) is 3.13. The number of amidine groups is 1. The molecule has 0 saturated carbocycles. The van der Waals surface area contributed by atoms with Gasteiger partial charge in [-0.1, -0.05) is 11.2 Å². The minimum atomic E-state index is -0.105. The Morgan fingerprint density at radius 2 is 2.42 bits per heavy atom. The Kier molecular flexibility index (Phi) is 2.23. The number of hydrogen-bond donors (Lipinski definition) is 2. The molecular weight excluding hydrogens is 156 g/mol. The molecule has 60 valence electrons. The van der Waals surface area contributed by atoms with Gasteiger partial charge >= 0.3 is 0 Å². The molecule has 1 heterocycles. The lowest BCUT2D eigenvalue weighted by Crippen LogP contribution is -2.15. The summed E-state index contributed by atoms with van der Waals surface area (Å²) in [6.07, 6.45) is 0. The van der Waals surface area contributed by atoms with Gasteiger partial charge in [-0.25, -0.2) is 4.98 Å². The van der Waals surface area contributed by atoms with E-state index in [-0.39, 0.29) is 17.2 Å². The molecule has 5 nitrogen and oxygen atoms in total. The Balaban J connectivity index is 3.12. The summed E-state index contributed by atoms with van der Waals surface area (Å²) in [5.41, 5.74) is 5.77. The molecule has 0 aromatic carbocycles. The average Bonchev–Trinajstić information content (AvgIpc) is 2.17. The Morgan fingerprint density at radius 1 is 1.67 bits per heavy atom. The van der Waals surface area contributed by atoms with Crippen molar-refractivity contribution in [2.45, 2.75) is 0 Å². The van der Waals surface area contributed by atoms with Gasteiger partial charge in [0.2, 0.25) is 0 Å². The van der Waals surface area contributed by atoms with Crippen LogP contribution >= 0.6 is 0 Å². The molecule has 1 aromatic rings. The smallest absolute Gasteiger partial charge is 0.188 e. The van der Waals surface area contributed by atoms with Gasteiger partial charge in [-0.05, 0) is 12.1 Å². The van der Waals surface area contributed by atoms with Crippen molar-refractivity contribution in [1.29, 1.82) is 5.26 Å². The Morgan fingerprint density at radius 3 is 3.00 bits per heavy atom. The lowest BCUT2D eigenvalue weighted by atomic mass is 10.3. The van der Waals surface area contributed by atoms with Crippen LogP contribution < -0.4 is 5.73 Å². The van der Waals surface area contributed by atoms with E-state index < -0.39 is 0 Å². The molecule has 0 aliphatic heterocycles. The van der Waals surface area contributed by atoms with Gasteiger partial charge in [-0.3, -0.25) is 0 Å². The van der Waals surface area contributed by atoms with Crippen molar-refractivity contribution < 1.29 is 5.21 Å². The van der Waals surface area contributed by atoms with Crippen LogP contribution in [0.3, 0.4) is 0 Å². The van der Waals surface area contributed by atoms with E-state index in [1.807, 2.05) is 6.07 Å². The third-order valence-corrected chi connectivity index (χ3v) is 1.23. The zero-order valence-corrected chi connectivity index (χ0v) is 6.10. The summed E-state index contributed by atoms with van der Waals surface area (Å²) < 4.78 is 0. The lowest BCUT2D eigenvalue weighted by Gasteiger charge is -1.95. The zero-order valence-electron chi connectivity index (χ0n) is 6.10. The number of hydrogen-bond acceptors (Lipinski definition) is 4. The van der Waals surface area contributed by atoms with Crippen LogP contribution in [0.25, 0.3) is 0 Å². The van der Waals surface area contributed by atoms with Crippen molar-refractivity contribution in [1.82, 2.24) is 4.98 Å². The highest BCUT2D eigenvalue weighted by molar-refractivity contribution is 5.95. The summed E-state index contributed by atoms with van der Waals surface area (Å²) in [7, 11) is 0. The van der Waals surface area contributed by atoms with Crippen molar-refractivity contribution in [2.75, 3.05) is 0 Å². The molecule has 5 heteroatoms. The highest BCUT2D eigenvalue weighted by Gasteiger charge is 2.00. The van der Waals surface area contributed by atoms with E-state index in [1.54, 1.807) is 12.1 Å². The fourth-order valence-electron chi connectivity index (χ4n) is 0.691. The monoisotopic (exact) mass is 162 g/mol. The second-order valence-corrected chi connectivity index (χ2v) is 2.01. The van der Waals surface area contributed by atoms with Gasteiger partial charge < -0.3 is 10.9 Å². The van der Waals surface area contributed by atoms with Gasteiger partial charge in [0.15, 0.2) is 5.84 Å². The van der Waals surface area contributed by atoms with E-state index >= 15 is 0 Å². The summed E-state index contributed by atoms with van der Waals surface area (Å²) in [6.45, 7) is 0. The van der Waals surface area contributed by atoms with E-state index in [1.165, 1.54) is 6.07 Å². The molecule has 0 fully saturated rings. The summed E-state index contributed by atoms with van der Waals surface area (Å²) in [6, 6.07) is 6.54. The number of nitriles is 1. The quantitative estimate of drug-likeness (QED) is 0.264. The van der Waals surface area contributed by atoms with Gasteiger partial charge in [0.05, 0.1) is 0 Å². The fraction of sp³-hybridized carbons (Fsp3) is 0.